The summed E-state index contributed by atoms with van der Waals surface area (Å²) in [6.07, 6.45) is 0.841. The molecule has 1 aromatic heterocycles. The second-order valence-electron chi connectivity index (χ2n) is 3.26. The van der Waals surface area contributed by atoms with Crippen molar-refractivity contribution in [2.75, 3.05) is 7.11 Å². The maximum Gasteiger partial charge on any atom is 0.166 e. The lowest BCUT2D eigenvalue weighted by Gasteiger charge is -2.05. The lowest BCUT2D eigenvalue weighted by molar-refractivity contribution is 0.111. The summed E-state index contributed by atoms with van der Waals surface area (Å²) in [5.41, 5.74) is 1.62. The molecule has 0 aliphatic rings. The third kappa shape index (κ3) is 1.45. The predicted molar refractivity (Wildman–Crippen MR) is 62.6 cm³/mol. The number of hydrogen-bond donors (Lipinski definition) is 0. The number of aromatic nitrogens is 1. The Balaban J connectivity index is 2.87. The molecule has 0 bridgehead atoms. The van der Waals surface area contributed by atoms with Crippen LogP contribution in [0.3, 0.4) is 0 Å². The number of fused-ring (bicyclic) bond motifs is 1. The van der Waals surface area contributed by atoms with Crippen LogP contribution in [0.15, 0.2) is 22.7 Å². The topological polar surface area (TPSA) is 31.2 Å². The molecule has 15 heavy (non-hydrogen) atoms. The summed E-state index contributed by atoms with van der Waals surface area (Å²) in [7, 11) is 3.48. The van der Waals surface area contributed by atoms with E-state index < -0.39 is 0 Å². The number of hydrogen-bond acceptors (Lipinski definition) is 2. The van der Waals surface area contributed by atoms with Crippen molar-refractivity contribution < 1.29 is 9.53 Å². The van der Waals surface area contributed by atoms with Crippen LogP contribution in [0.5, 0.6) is 5.75 Å². The third-order valence-corrected chi connectivity index (χ3v) is 3.12. The van der Waals surface area contributed by atoms with Crippen molar-refractivity contribution in [3.05, 3.63) is 28.4 Å². The molecule has 1 heterocycles. The van der Waals surface area contributed by atoms with Crippen molar-refractivity contribution in [3.63, 3.8) is 0 Å². The van der Waals surface area contributed by atoms with E-state index in [1.807, 2.05) is 29.8 Å². The Labute approximate surface area is 95.8 Å². The molecule has 0 unspecified atom stereocenters. The van der Waals surface area contributed by atoms with Gasteiger partial charge >= 0.3 is 0 Å². The fourth-order valence-corrected chi connectivity index (χ4v) is 2.21. The van der Waals surface area contributed by atoms with E-state index in [9.17, 15) is 4.79 Å². The highest BCUT2D eigenvalue weighted by Crippen LogP contribution is 2.34. The normalized spacial score (nSPS) is 10.6. The van der Waals surface area contributed by atoms with E-state index in [2.05, 4.69) is 15.9 Å². The SMILES string of the molecule is COc1c(Br)ccc2c1cc(C=O)n2C. The lowest BCUT2D eigenvalue weighted by Crippen LogP contribution is -1.93. The molecule has 2 rings (SSSR count). The van der Waals surface area contributed by atoms with E-state index in [1.54, 1.807) is 7.11 Å². The van der Waals surface area contributed by atoms with Gasteiger partial charge in [-0.05, 0) is 34.1 Å². The molecule has 78 valence electrons. The number of halogens is 1. The summed E-state index contributed by atoms with van der Waals surface area (Å²) in [5, 5.41) is 0.941. The minimum absolute atomic E-state index is 0.640. The molecule has 0 aliphatic heterocycles. The minimum Gasteiger partial charge on any atom is -0.495 e. The minimum atomic E-state index is 0.640. The zero-order valence-electron chi connectivity index (χ0n) is 8.45. The van der Waals surface area contributed by atoms with Gasteiger partial charge in [0.25, 0.3) is 0 Å². The maximum atomic E-state index is 10.8. The largest absolute Gasteiger partial charge is 0.495 e. The van der Waals surface area contributed by atoms with Gasteiger partial charge < -0.3 is 9.30 Å². The first kappa shape index (κ1) is 10.2. The van der Waals surface area contributed by atoms with Gasteiger partial charge in [-0.1, -0.05) is 0 Å². The van der Waals surface area contributed by atoms with Crippen LogP contribution in [0.25, 0.3) is 10.9 Å². The van der Waals surface area contributed by atoms with Crippen molar-refractivity contribution in [1.29, 1.82) is 0 Å². The molecule has 0 atom stereocenters. The van der Waals surface area contributed by atoms with Crippen LogP contribution < -0.4 is 4.74 Å². The zero-order valence-corrected chi connectivity index (χ0v) is 10.0. The van der Waals surface area contributed by atoms with E-state index in [4.69, 9.17) is 4.74 Å². The van der Waals surface area contributed by atoms with Crippen LogP contribution >= 0.6 is 15.9 Å². The molecular formula is C11H10BrNO2. The van der Waals surface area contributed by atoms with Gasteiger partial charge in [-0.15, -0.1) is 0 Å². The molecule has 4 heteroatoms. The highest BCUT2D eigenvalue weighted by atomic mass is 79.9. The van der Waals surface area contributed by atoms with Gasteiger partial charge in [0.2, 0.25) is 0 Å². The Morgan fingerprint density at radius 1 is 1.47 bits per heavy atom. The first-order valence-corrected chi connectivity index (χ1v) is 5.25. The summed E-state index contributed by atoms with van der Waals surface area (Å²) < 4.78 is 8.03. The molecule has 1 aromatic carbocycles. The zero-order chi connectivity index (χ0) is 11.0. The van der Waals surface area contributed by atoms with Gasteiger partial charge in [-0.2, -0.15) is 0 Å². The van der Waals surface area contributed by atoms with E-state index in [0.29, 0.717) is 5.69 Å². The highest BCUT2D eigenvalue weighted by Gasteiger charge is 2.11. The van der Waals surface area contributed by atoms with Crippen molar-refractivity contribution >= 4 is 33.1 Å². The molecule has 0 N–H and O–H groups in total. The van der Waals surface area contributed by atoms with Gasteiger partial charge in [-0.3, -0.25) is 4.79 Å². The van der Waals surface area contributed by atoms with Crippen LogP contribution in [0.4, 0.5) is 0 Å². The van der Waals surface area contributed by atoms with E-state index >= 15 is 0 Å². The average Bonchev–Trinajstić information content (AvgIpc) is 2.55. The Kier molecular flexibility index (Phi) is 2.52. The third-order valence-electron chi connectivity index (χ3n) is 2.49. The first-order chi connectivity index (χ1) is 7.19. The number of aryl methyl sites for hydroxylation is 1. The van der Waals surface area contributed by atoms with Crippen LogP contribution in [0, 0.1) is 0 Å². The van der Waals surface area contributed by atoms with Crippen LogP contribution in [0.2, 0.25) is 0 Å². The van der Waals surface area contributed by atoms with Crippen molar-refractivity contribution in [2.45, 2.75) is 0 Å². The van der Waals surface area contributed by atoms with Crippen molar-refractivity contribution in [3.8, 4) is 5.75 Å². The van der Waals surface area contributed by atoms with E-state index in [0.717, 1.165) is 27.4 Å². The number of ether oxygens (including phenoxy) is 1. The number of carbonyl (C=O) groups is 1. The number of benzene rings is 1. The monoisotopic (exact) mass is 267 g/mol. The number of nitrogens with zero attached hydrogens (tertiary/aromatic N) is 1. The molecule has 0 saturated heterocycles. The number of aldehydes is 1. The Morgan fingerprint density at radius 3 is 2.80 bits per heavy atom. The molecule has 0 spiro atoms. The summed E-state index contributed by atoms with van der Waals surface area (Å²) in [6.45, 7) is 0. The standard InChI is InChI=1S/C11H10BrNO2/c1-13-7(6-14)5-8-10(13)4-3-9(12)11(8)15-2/h3-6H,1-2H3. The predicted octanol–water partition coefficient (Wildman–Crippen LogP) is 2.76. The van der Waals surface area contributed by atoms with Gasteiger partial charge in [0, 0.05) is 12.4 Å². The molecular weight excluding hydrogens is 258 g/mol. The summed E-state index contributed by atoms with van der Waals surface area (Å²) in [5.74, 6) is 0.760. The smallest absolute Gasteiger partial charge is 0.166 e. The second kappa shape index (κ2) is 3.70. The van der Waals surface area contributed by atoms with E-state index in [1.165, 1.54) is 0 Å². The van der Waals surface area contributed by atoms with Gasteiger partial charge in [0.1, 0.15) is 5.75 Å². The fraction of sp³-hybridized carbons (Fsp3) is 0.182. The van der Waals surface area contributed by atoms with Crippen molar-refractivity contribution in [2.24, 2.45) is 7.05 Å². The number of methoxy groups -OCH3 is 1. The highest BCUT2D eigenvalue weighted by molar-refractivity contribution is 9.10. The maximum absolute atomic E-state index is 10.8. The Hall–Kier alpha value is -1.29. The molecule has 3 nitrogen and oxygen atoms in total. The van der Waals surface area contributed by atoms with E-state index in [-0.39, 0.29) is 0 Å². The van der Waals surface area contributed by atoms with Crippen LogP contribution in [-0.2, 0) is 7.05 Å². The summed E-state index contributed by atoms with van der Waals surface area (Å²) in [4.78, 5) is 10.8. The molecule has 0 aliphatic carbocycles. The first-order valence-electron chi connectivity index (χ1n) is 4.46. The molecule has 2 aromatic rings. The van der Waals surface area contributed by atoms with Crippen LogP contribution in [-0.4, -0.2) is 18.0 Å². The Bertz CT molecular complexity index is 531. The lowest BCUT2D eigenvalue weighted by atomic mass is 10.2. The quantitative estimate of drug-likeness (QED) is 0.784. The second-order valence-corrected chi connectivity index (χ2v) is 4.11. The fourth-order valence-electron chi connectivity index (χ4n) is 1.70. The van der Waals surface area contributed by atoms with Crippen LogP contribution in [0.1, 0.15) is 10.5 Å². The molecule has 0 saturated carbocycles. The van der Waals surface area contributed by atoms with Gasteiger partial charge in [0.15, 0.2) is 6.29 Å². The summed E-state index contributed by atoms with van der Waals surface area (Å²) in [6, 6.07) is 5.69. The number of carbonyl (C=O) groups excluding carboxylic acids is 1. The van der Waals surface area contributed by atoms with Crippen molar-refractivity contribution in [1.82, 2.24) is 4.57 Å². The molecule has 0 radical (unpaired) electrons. The average molecular weight is 268 g/mol. The molecule has 0 fully saturated rings. The summed E-state index contributed by atoms with van der Waals surface area (Å²) >= 11 is 3.41. The van der Waals surface area contributed by atoms with Gasteiger partial charge in [-0.25, -0.2) is 0 Å². The number of rotatable bonds is 2. The van der Waals surface area contributed by atoms with Gasteiger partial charge in [0.05, 0.1) is 22.8 Å². The molecule has 0 amide bonds. The Morgan fingerprint density at radius 2 is 2.20 bits per heavy atom.